The van der Waals surface area contributed by atoms with E-state index in [2.05, 4.69) is 0 Å². The number of sulfonamides is 1. The van der Waals surface area contributed by atoms with E-state index in [0.29, 0.717) is 19.2 Å². The molecule has 1 aromatic carbocycles. The Balaban J connectivity index is 2.44. The zero-order chi connectivity index (χ0) is 16.0. The van der Waals surface area contributed by atoms with Gasteiger partial charge >= 0.3 is 0 Å². The summed E-state index contributed by atoms with van der Waals surface area (Å²) in [5, 5.41) is 4.90. The van der Waals surface area contributed by atoms with E-state index in [9.17, 15) is 22.0 Å². The monoisotopic (exact) mass is 318 g/mol. The van der Waals surface area contributed by atoms with E-state index in [4.69, 9.17) is 5.14 Å². The second kappa shape index (κ2) is 5.03. The van der Waals surface area contributed by atoms with Crippen LogP contribution in [0.2, 0.25) is 0 Å². The molecule has 0 aliphatic carbocycles. The Morgan fingerprint density at radius 2 is 1.95 bits per heavy atom. The average molecular weight is 318 g/mol. The average Bonchev–Trinajstić information content (AvgIpc) is 2.71. The maximum atomic E-state index is 13.8. The SMILES string of the molecule is CC1(C)CCN(C(=O)c2cc(S(N)(=O)=O)cc(F)c2F)C1. The molecule has 0 aromatic heterocycles. The molecular formula is C13H16F2N2O3S. The van der Waals surface area contributed by atoms with E-state index < -0.39 is 38.0 Å². The van der Waals surface area contributed by atoms with E-state index in [1.54, 1.807) is 0 Å². The first-order valence-corrected chi connectivity index (χ1v) is 7.87. The van der Waals surface area contributed by atoms with Crippen LogP contribution in [0.25, 0.3) is 0 Å². The van der Waals surface area contributed by atoms with Gasteiger partial charge in [0.25, 0.3) is 5.91 Å². The molecule has 2 N–H and O–H groups in total. The molecule has 2 rings (SSSR count). The number of hydrogen-bond donors (Lipinski definition) is 1. The fourth-order valence-corrected chi connectivity index (χ4v) is 2.89. The molecule has 1 saturated heterocycles. The molecule has 8 heteroatoms. The highest BCUT2D eigenvalue weighted by molar-refractivity contribution is 7.89. The summed E-state index contributed by atoms with van der Waals surface area (Å²) in [4.78, 5) is 13.0. The van der Waals surface area contributed by atoms with Crippen LogP contribution in [0.5, 0.6) is 0 Å². The molecule has 1 fully saturated rings. The highest BCUT2D eigenvalue weighted by Crippen LogP contribution is 2.30. The number of halogens is 2. The van der Waals surface area contributed by atoms with E-state index in [1.807, 2.05) is 13.8 Å². The smallest absolute Gasteiger partial charge is 0.257 e. The summed E-state index contributed by atoms with van der Waals surface area (Å²) in [6.07, 6.45) is 0.734. The maximum Gasteiger partial charge on any atom is 0.257 e. The van der Waals surface area contributed by atoms with Crippen LogP contribution in [0, 0.1) is 17.0 Å². The van der Waals surface area contributed by atoms with Crippen LogP contribution in [0.15, 0.2) is 17.0 Å². The molecular weight excluding hydrogens is 302 g/mol. The molecule has 5 nitrogen and oxygen atoms in total. The molecule has 0 bridgehead atoms. The van der Waals surface area contributed by atoms with Gasteiger partial charge in [0, 0.05) is 13.1 Å². The predicted molar refractivity (Wildman–Crippen MR) is 72.0 cm³/mol. The number of benzene rings is 1. The number of hydrogen-bond acceptors (Lipinski definition) is 3. The van der Waals surface area contributed by atoms with E-state index in [1.165, 1.54) is 4.90 Å². The predicted octanol–water partition coefficient (Wildman–Crippen LogP) is 1.48. The fourth-order valence-electron chi connectivity index (χ4n) is 2.34. The lowest BCUT2D eigenvalue weighted by molar-refractivity contribution is 0.0772. The van der Waals surface area contributed by atoms with Crippen molar-refractivity contribution in [3.05, 3.63) is 29.3 Å². The van der Waals surface area contributed by atoms with Crippen LogP contribution in [0.4, 0.5) is 8.78 Å². The van der Waals surface area contributed by atoms with Crippen LogP contribution in [-0.4, -0.2) is 32.3 Å². The van der Waals surface area contributed by atoms with Crippen molar-refractivity contribution in [3.8, 4) is 0 Å². The fraction of sp³-hybridized carbons (Fsp3) is 0.462. The van der Waals surface area contributed by atoms with Gasteiger partial charge < -0.3 is 4.90 Å². The van der Waals surface area contributed by atoms with E-state index in [0.717, 1.165) is 12.5 Å². The van der Waals surface area contributed by atoms with Gasteiger partial charge in [-0.25, -0.2) is 22.3 Å². The second-order valence-electron chi connectivity index (χ2n) is 5.95. The molecule has 1 aromatic rings. The van der Waals surface area contributed by atoms with Crippen molar-refractivity contribution < 1.29 is 22.0 Å². The van der Waals surface area contributed by atoms with Crippen LogP contribution in [-0.2, 0) is 10.0 Å². The lowest BCUT2D eigenvalue weighted by atomic mass is 9.93. The van der Waals surface area contributed by atoms with E-state index in [-0.39, 0.29) is 5.41 Å². The van der Waals surface area contributed by atoms with Gasteiger partial charge in [0.1, 0.15) is 0 Å². The standard InChI is InChI=1S/C13H16F2N2O3S/c1-13(2)3-4-17(7-13)12(18)9-5-8(21(16,19)20)6-10(14)11(9)15/h5-6H,3-4,7H2,1-2H3,(H2,16,19,20). The molecule has 0 atom stereocenters. The van der Waals surface area contributed by atoms with Gasteiger partial charge in [0.05, 0.1) is 10.5 Å². The normalized spacial score (nSPS) is 18.0. The van der Waals surface area contributed by atoms with Crippen LogP contribution >= 0.6 is 0 Å². The lowest BCUT2D eigenvalue weighted by Crippen LogP contribution is -2.31. The van der Waals surface area contributed by atoms with Crippen molar-refractivity contribution >= 4 is 15.9 Å². The number of carbonyl (C=O) groups excluding carboxylic acids is 1. The molecule has 21 heavy (non-hydrogen) atoms. The van der Waals surface area contributed by atoms with Gasteiger partial charge in [0.15, 0.2) is 11.6 Å². The quantitative estimate of drug-likeness (QED) is 0.897. The topological polar surface area (TPSA) is 80.5 Å². The molecule has 0 saturated carbocycles. The molecule has 0 radical (unpaired) electrons. The summed E-state index contributed by atoms with van der Waals surface area (Å²) < 4.78 is 49.8. The highest BCUT2D eigenvalue weighted by atomic mass is 32.2. The summed E-state index contributed by atoms with van der Waals surface area (Å²) in [6, 6.07) is 1.25. The van der Waals surface area contributed by atoms with Gasteiger partial charge in [0.2, 0.25) is 10.0 Å². The van der Waals surface area contributed by atoms with Crippen molar-refractivity contribution in [2.45, 2.75) is 25.2 Å². The molecule has 116 valence electrons. The molecule has 0 unspecified atom stereocenters. The third kappa shape index (κ3) is 3.21. The van der Waals surface area contributed by atoms with Crippen molar-refractivity contribution in [1.82, 2.24) is 4.90 Å². The Labute approximate surface area is 121 Å². The molecule has 1 aliphatic heterocycles. The second-order valence-corrected chi connectivity index (χ2v) is 7.51. The number of nitrogens with two attached hydrogens (primary N) is 1. The van der Waals surface area contributed by atoms with E-state index >= 15 is 0 Å². The zero-order valence-electron chi connectivity index (χ0n) is 11.7. The Hall–Kier alpha value is -1.54. The molecule has 1 heterocycles. The number of nitrogens with zero attached hydrogens (tertiary/aromatic N) is 1. The minimum absolute atomic E-state index is 0.109. The Morgan fingerprint density at radius 1 is 1.33 bits per heavy atom. The lowest BCUT2D eigenvalue weighted by Gasteiger charge is -2.20. The maximum absolute atomic E-state index is 13.8. The summed E-state index contributed by atoms with van der Waals surface area (Å²) in [5.74, 6) is -3.51. The van der Waals surface area contributed by atoms with Gasteiger partial charge in [-0.3, -0.25) is 4.79 Å². The third-order valence-electron chi connectivity index (χ3n) is 3.53. The zero-order valence-corrected chi connectivity index (χ0v) is 12.5. The first kappa shape index (κ1) is 15.8. The number of primary sulfonamides is 1. The Kier molecular flexibility index (Phi) is 3.79. The van der Waals surface area contributed by atoms with Crippen molar-refractivity contribution in [1.29, 1.82) is 0 Å². The van der Waals surface area contributed by atoms with Gasteiger partial charge in [-0.15, -0.1) is 0 Å². The van der Waals surface area contributed by atoms with Crippen LogP contribution < -0.4 is 5.14 Å². The van der Waals surface area contributed by atoms with Gasteiger partial charge in [-0.1, -0.05) is 13.8 Å². The molecule has 1 aliphatic rings. The summed E-state index contributed by atoms with van der Waals surface area (Å²) in [5.41, 5.74) is -0.723. The van der Waals surface area contributed by atoms with Crippen molar-refractivity contribution in [2.24, 2.45) is 10.6 Å². The largest absolute Gasteiger partial charge is 0.338 e. The van der Waals surface area contributed by atoms with Crippen LogP contribution in [0.3, 0.4) is 0 Å². The van der Waals surface area contributed by atoms with Crippen molar-refractivity contribution in [3.63, 3.8) is 0 Å². The molecule has 0 spiro atoms. The number of carbonyl (C=O) groups is 1. The first-order chi connectivity index (χ1) is 9.51. The van der Waals surface area contributed by atoms with Crippen LogP contribution in [0.1, 0.15) is 30.6 Å². The molecule has 1 amide bonds. The number of likely N-dealkylation sites (tertiary alicyclic amines) is 1. The summed E-state index contributed by atoms with van der Waals surface area (Å²) in [6.45, 7) is 4.72. The first-order valence-electron chi connectivity index (χ1n) is 6.32. The highest BCUT2D eigenvalue weighted by Gasteiger charge is 2.34. The van der Waals surface area contributed by atoms with Gasteiger partial charge in [-0.05, 0) is 24.0 Å². The summed E-state index contributed by atoms with van der Waals surface area (Å²) in [7, 11) is -4.22. The van der Waals surface area contributed by atoms with Crippen molar-refractivity contribution in [2.75, 3.05) is 13.1 Å². The summed E-state index contributed by atoms with van der Waals surface area (Å²) >= 11 is 0. The minimum atomic E-state index is -4.22. The Bertz CT molecular complexity index is 702. The number of rotatable bonds is 2. The third-order valence-corrected chi connectivity index (χ3v) is 4.42. The van der Waals surface area contributed by atoms with Gasteiger partial charge in [-0.2, -0.15) is 0 Å². The minimum Gasteiger partial charge on any atom is -0.338 e. The number of amides is 1. The Morgan fingerprint density at radius 3 is 2.43 bits per heavy atom.